The predicted octanol–water partition coefficient (Wildman–Crippen LogP) is 5.58. The maximum Gasteiger partial charge on any atom is 0.377 e. The van der Waals surface area contributed by atoms with Gasteiger partial charge in [-0.25, -0.2) is 4.79 Å². The van der Waals surface area contributed by atoms with E-state index in [0.717, 1.165) is 75.0 Å². The van der Waals surface area contributed by atoms with Crippen LogP contribution in [0.5, 0.6) is 11.5 Å². The number of ether oxygens (including phenoxy) is 3. The molecule has 2 aliphatic heterocycles. The van der Waals surface area contributed by atoms with E-state index in [4.69, 9.17) is 50.3 Å². The summed E-state index contributed by atoms with van der Waals surface area (Å²) in [5.41, 5.74) is 4.29. The Labute approximate surface area is 388 Å². The Hall–Kier alpha value is -4.98. The summed E-state index contributed by atoms with van der Waals surface area (Å²) in [6.45, 7) is 16.5. The molecule has 0 saturated heterocycles. The van der Waals surface area contributed by atoms with Crippen LogP contribution in [-0.2, 0) is 39.9 Å². The molecule has 2 aliphatic rings. The van der Waals surface area contributed by atoms with Crippen LogP contribution in [-0.4, -0.2) is 150 Å². The number of carboxylic acids is 4. The Morgan fingerprint density at radius 3 is 1.59 bits per heavy atom. The molecule has 19 heteroatoms. The van der Waals surface area contributed by atoms with Gasteiger partial charge in [0.25, 0.3) is 0 Å². The van der Waals surface area contributed by atoms with Gasteiger partial charge >= 0.3 is 35.8 Å². The van der Waals surface area contributed by atoms with Crippen molar-refractivity contribution in [2.24, 2.45) is 17.8 Å². The molecule has 0 aromatic heterocycles. The first-order valence-corrected chi connectivity index (χ1v) is 22.7. The molecular weight excluding hydrogens is 865 g/mol. The number of nitrogens with zero attached hydrogens (tertiary/aromatic N) is 2. The first-order valence-electron chi connectivity index (χ1n) is 22.7. The number of cyclic esters (lactones) is 1. The van der Waals surface area contributed by atoms with Gasteiger partial charge in [0, 0.05) is 25.6 Å². The van der Waals surface area contributed by atoms with Gasteiger partial charge in [-0.2, -0.15) is 0 Å². The summed E-state index contributed by atoms with van der Waals surface area (Å²) in [6, 6.07) is 0. The maximum atomic E-state index is 11.6. The number of fused-ring (bicyclic) bond motifs is 1. The monoisotopic (exact) mass is 941 g/mol. The number of carbonyl (C=O) groups is 6. The van der Waals surface area contributed by atoms with E-state index < -0.39 is 86.4 Å². The molecule has 1 aromatic carbocycles. The highest BCUT2D eigenvalue weighted by Crippen LogP contribution is 2.45. The van der Waals surface area contributed by atoms with Crippen molar-refractivity contribution < 1.29 is 83.8 Å². The lowest BCUT2D eigenvalue weighted by molar-refractivity contribution is -0.148. The van der Waals surface area contributed by atoms with Gasteiger partial charge in [0.05, 0.1) is 32.8 Å². The molecule has 3 rings (SSSR count). The average Bonchev–Trinajstić information content (AvgIpc) is 3.46. The number of carbonyl (C=O) groups excluding carboxylic acids is 2. The van der Waals surface area contributed by atoms with Gasteiger partial charge in [-0.3, -0.25) is 33.8 Å². The fourth-order valence-electron chi connectivity index (χ4n) is 7.86. The minimum absolute atomic E-state index is 0.0703. The fraction of sp³-hybridized carbons (Fsp3) is 0.702. The van der Waals surface area contributed by atoms with Crippen molar-refractivity contribution in [3.05, 3.63) is 33.8 Å². The second-order valence-corrected chi connectivity index (χ2v) is 18.3. The van der Waals surface area contributed by atoms with E-state index in [9.17, 15) is 28.8 Å². The first kappa shape index (κ1) is 59.0. The highest BCUT2D eigenvalue weighted by molar-refractivity contribution is 5.89. The molecule has 5 atom stereocenters. The normalized spacial score (nSPS) is 18.0. The number of aliphatic carboxylic acids is 4. The number of benzene rings is 1. The summed E-state index contributed by atoms with van der Waals surface area (Å²) < 4.78 is 16.5. The van der Waals surface area contributed by atoms with Crippen LogP contribution in [0.3, 0.4) is 0 Å². The Morgan fingerprint density at radius 1 is 0.742 bits per heavy atom. The molecule has 376 valence electrons. The quantitative estimate of drug-likeness (QED) is 0.0415. The number of hydrogen-bond donors (Lipinski definition) is 8. The zero-order valence-electron chi connectivity index (χ0n) is 40.3. The Morgan fingerprint density at radius 2 is 1.20 bits per heavy atom. The van der Waals surface area contributed by atoms with Crippen LogP contribution < -0.4 is 9.47 Å². The Kier molecular flexibility index (Phi) is 25.9. The van der Waals surface area contributed by atoms with Crippen LogP contribution >= 0.6 is 0 Å². The van der Waals surface area contributed by atoms with Crippen molar-refractivity contribution in [3.63, 3.8) is 0 Å². The van der Waals surface area contributed by atoms with Crippen LogP contribution in [0.15, 0.2) is 11.5 Å². The van der Waals surface area contributed by atoms with Crippen LogP contribution in [0, 0.1) is 38.5 Å². The molecule has 0 spiro atoms. The second kappa shape index (κ2) is 28.9. The van der Waals surface area contributed by atoms with Gasteiger partial charge in [0.2, 0.25) is 5.76 Å². The van der Waals surface area contributed by atoms with Crippen LogP contribution in [0.1, 0.15) is 128 Å². The third-order valence-electron chi connectivity index (χ3n) is 11.7. The van der Waals surface area contributed by atoms with Crippen molar-refractivity contribution in [2.75, 3.05) is 45.9 Å². The van der Waals surface area contributed by atoms with E-state index in [1.807, 2.05) is 6.92 Å². The zero-order valence-corrected chi connectivity index (χ0v) is 40.3. The van der Waals surface area contributed by atoms with Crippen molar-refractivity contribution in [3.8, 4) is 11.5 Å². The summed E-state index contributed by atoms with van der Waals surface area (Å²) in [5, 5.41) is 69.5. The lowest BCUT2D eigenvalue weighted by Crippen LogP contribution is -2.43. The summed E-state index contributed by atoms with van der Waals surface area (Å²) in [4.78, 5) is 66.5. The first-order chi connectivity index (χ1) is 30.7. The van der Waals surface area contributed by atoms with Crippen LogP contribution in [0.4, 0.5) is 0 Å². The summed E-state index contributed by atoms with van der Waals surface area (Å²) in [6.07, 6.45) is 11.1. The van der Waals surface area contributed by atoms with Gasteiger partial charge in [-0.05, 0) is 87.8 Å². The average molecular weight is 941 g/mol. The molecule has 0 radical (unpaired) electrons. The molecule has 0 saturated carbocycles. The largest absolute Gasteiger partial charge is 0.505 e. The minimum atomic E-state index is -1.42. The number of carboxylic acid groups (broad SMARTS) is 4. The van der Waals surface area contributed by atoms with Crippen molar-refractivity contribution in [2.45, 2.75) is 151 Å². The SMILES string of the molecule is CC(=O)Oc1c(C)c(C)c2c(c1C)CC[C@@](C)(CCC[C@H](C)CCC[C@H](C)CCCC(C)C)O2.O=C(O)CN(CCN(CC(=O)O)CC(=O)O)CC(=O)O.O=C1O[C@H]([C@@H](O)CO)C(O)=C1O. The Bertz CT molecular complexity index is 1750. The molecule has 1 aromatic rings. The van der Waals surface area contributed by atoms with Gasteiger partial charge in [0.15, 0.2) is 11.9 Å². The third kappa shape index (κ3) is 21.5. The number of aliphatic hydroxyl groups excluding tert-OH is 4. The van der Waals surface area contributed by atoms with E-state index in [0.29, 0.717) is 0 Å². The van der Waals surface area contributed by atoms with Crippen molar-refractivity contribution in [1.82, 2.24) is 9.80 Å². The van der Waals surface area contributed by atoms with Crippen LogP contribution in [0.2, 0.25) is 0 Å². The summed E-state index contributed by atoms with van der Waals surface area (Å²) in [7, 11) is 0. The van der Waals surface area contributed by atoms with E-state index in [-0.39, 0.29) is 24.7 Å². The highest BCUT2D eigenvalue weighted by atomic mass is 16.6. The summed E-state index contributed by atoms with van der Waals surface area (Å²) in [5.74, 6) is -3.70. The minimum Gasteiger partial charge on any atom is -0.505 e. The molecule has 0 amide bonds. The number of aliphatic hydroxyl groups is 4. The lowest BCUT2D eigenvalue weighted by Gasteiger charge is -2.38. The van der Waals surface area contributed by atoms with Crippen molar-refractivity contribution >= 4 is 35.8 Å². The molecule has 66 heavy (non-hydrogen) atoms. The maximum absolute atomic E-state index is 11.6. The van der Waals surface area contributed by atoms with E-state index in [1.54, 1.807) is 0 Å². The number of rotatable bonds is 26. The molecule has 19 nitrogen and oxygen atoms in total. The smallest absolute Gasteiger partial charge is 0.377 e. The van der Waals surface area contributed by atoms with E-state index >= 15 is 0 Å². The summed E-state index contributed by atoms with van der Waals surface area (Å²) >= 11 is 0. The Balaban J connectivity index is 0.000000571. The van der Waals surface area contributed by atoms with Gasteiger partial charge in [-0.1, -0.05) is 72.6 Å². The standard InChI is InChI=1S/C31H52O3.C10H16N2O8.C6H8O6/c1-21(2)13-10-14-22(3)15-11-16-23(4)17-12-19-31(9)20-18-28-26(7)29(33-27(8)32)24(5)25(6)30(28)34-31;13-7(14)3-11(4-8(15)16)1-2-12(5-9(17)18)6-10(19)20;7-1-2(8)5-3(9)4(10)6(11)12-5/h21-23H,10-20H2,1-9H3;1-6H2,(H,13,14)(H,15,16)(H,17,18)(H,19,20);2,5,7-10H,1H2/t22-,23-,31-;;2-,5+/m1.0/s1. The predicted molar refractivity (Wildman–Crippen MR) is 243 cm³/mol. The topological polar surface area (TPSA) is 298 Å². The molecule has 0 fully saturated rings. The second-order valence-electron chi connectivity index (χ2n) is 18.3. The van der Waals surface area contributed by atoms with Gasteiger partial charge in [-0.15, -0.1) is 0 Å². The zero-order chi connectivity index (χ0) is 50.5. The lowest BCUT2D eigenvalue weighted by atomic mass is 9.83. The van der Waals surface area contributed by atoms with Crippen molar-refractivity contribution in [1.29, 1.82) is 0 Å². The fourth-order valence-corrected chi connectivity index (χ4v) is 7.86. The molecule has 0 unspecified atom stereocenters. The van der Waals surface area contributed by atoms with Crippen LogP contribution in [0.25, 0.3) is 0 Å². The molecule has 0 bridgehead atoms. The molecule has 8 N–H and O–H groups in total. The third-order valence-corrected chi connectivity index (χ3v) is 11.7. The van der Waals surface area contributed by atoms with E-state index in [2.05, 4.69) is 53.2 Å². The van der Waals surface area contributed by atoms with Gasteiger partial charge in [0.1, 0.15) is 23.2 Å². The highest BCUT2D eigenvalue weighted by Gasteiger charge is 2.39. The molecule has 2 heterocycles. The van der Waals surface area contributed by atoms with E-state index in [1.165, 1.54) is 63.9 Å². The van der Waals surface area contributed by atoms with Gasteiger partial charge < -0.3 is 55.1 Å². The number of esters is 2. The molecular formula is C47H76N2O17. The molecule has 0 aliphatic carbocycles. The number of hydrogen-bond acceptors (Lipinski definition) is 15.